The Kier molecular flexibility index (Phi) is 5.30. The number of methoxy groups -OCH3 is 1. The average Bonchev–Trinajstić information content (AvgIpc) is 3.39. The smallest absolute Gasteiger partial charge is 0.274 e. The average molecular weight is 406 g/mol. The lowest BCUT2D eigenvalue weighted by atomic mass is 10.2. The predicted octanol–water partition coefficient (Wildman–Crippen LogP) is 3.03. The van der Waals surface area contributed by atoms with E-state index in [1.807, 2.05) is 41.8 Å². The molecule has 0 bridgehead atoms. The molecule has 8 nitrogen and oxygen atoms in total. The first-order valence-corrected chi connectivity index (χ1v) is 9.73. The first-order valence-electron chi connectivity index (χ1n) is 8.85. The zero-order chi connectivity index (χ0) is 20.2. The quantitative estimate of drug-likeness (QED) is 0.529. The summed E-state index contributed by atoms with van der Waals surface area (Å²) >= 11 is 1.49. The van der Waals surface area contributed by atoms with Crippen molar-refractivity contribution >= 4 is 17.2 Å². The molecule has 0 aliphatic carbocycles. The summed E-state index contributed by atoms with van der Waals surface area (Å²) in [5, 5.41) is 13.8. The van der Waals surface area contributed by atoms with E-state index in [4.69, 9.17) is 4.74 Å². The minimum Gasteiger partial charge on any atom is -0.497 e. The van der Waals surface area contributed by atoms with Crippen molar-refractivity contribution in [1.29, 1.82) is 0 Å². The van der Waals surface area contributed by atoms with Gasteiger partial charge in [-0.1, -0.05) is 11.3 Å². The number of hydrogen-bond donors (Lipinski definition) is 1. The van der Waals surface area contributed by atoms with Crippen LogP contribution in [0.4, 0.5) is 0 Å². The second-order valence-electron chi connectivity index (χ2n) is 6.18. The van der Waals surface area contributed by atoms with Crippen LogP contribution in [0, 0.1) is 6.92 Å². The van der Waals surface area contributed by atoms with Gasteiger partial charge in [0.1, 0.15) is 10.8 Å². The molecule has 4 rings (SSSR count). The number of aromatic nitrogens is 5. The van der Waals surface area contributed by atoms with Gasteiger partial charge in [-0.25, -0.2) is 9.67 Å². The molecule has 0 spiro atoms. The summed E-state index contributed by atoms with van der Waals surface area (Å²) in [5.74, 6) is 0.412. The van der Waals surface area contributed by atoms with Crippen molar-refractivity contribution in [3.05, 3.63) is 70.6 Å². The first-order chi connectivity index (χ1) is 14.2. The molecule has 9 heteroatoms. The lowest BCUT2D eigenvalue weighted by molar-refractivity contribution is 0.0945. The van der Waals surface area contributed by atoms with Crippen molar-refractivity contribution in [1.82, 2.24) is 30.3 Å². The van der Waals surface area contributed by atoms with Crippen LogP contribution in [-0.4, -0.2) is 38.0 Å². The molecule has 1 amide bonds. The molecular formula is C20H18N6O2S. The van der Waals surface area contributed by atoms with E-state index in [2.05, 4.69) is 25.6 Å². The van der Waals surface area contributed by atoms with E-state index in [9.17, 15) is 4.79 Å². The third-order valence-electron chi connectivity index (χ3n) is 4.34. The molecule has 1 N–H and O–H groups in total. The first kappa shape index (κ1) is 18.8. The van der Waals surface area contributed by atoms with Gasteiger partial charge >= 0.3 is 0 Å². The van der Waals surface area contributed by atoms with Gasteiger partial charge in [-0.3, -0.25) is 9.78 Å². The van der Waals surface area contributed by atoms with Crippen LogP contribution in [0.15, 0.2) is 54.2 Å². The molecule has 3 heterocycles. The topological polar surface area (TPSA) is 94.8 Å². The Morgan fingerprint density at radius 2 is 2.07 bits per heavy atom. The van der Waals surface area contributed by atoms with Gasteiger partial charge in [0.15, 0.2) is 5.69 Å². The van der Waals surface area contributed by atoms with Crippen LogP contribution in [0.5, 0.6) is 5.75 Å². The number of nitrogens with zero attached hydrogens (tertiary/aromatic N) is 5. The number of pyridine rings is 1. The lowest BCUT2D eigenvalue weighted by Crippen LogP contribution is -2.24. The Bertz CT molecular complexity index is 1140. The minimum atomic E-state index is -0.294. The number of amides is 1. The van der Waals surface area contributed by atoms with Crippen LogP contribution in [0.2, 0.25) is 0 Å². The second-order valence-corrected chi connectivity index (χ2v) is 7.12. The number of thiazole rings is 1. The van der Waals surface area contributed by atoms with Crippen molar-refractivity contribution in [2.24, 2.45) is 0 Å². The van der Waals surface area contributed by atoms with E-state index in [-0.39, 0.29) is 11.6 Å². The van der Waals surface area contributed by atoms with Crippen molar-refractivity contribution in [3.8, 4) is 22.7 Å². The van der Waals surface area contributed by atoms with E-state index >= 15 is 0 Å². The zero-order valence-corrected chi connectivity index (χ0v) is 16.7. The summed E-state index contributed by atoms with van der Waals surface area (Å²) in [7, 11) is 1.60. The molecule has 0 unspecified atom stereocenters. The highest BCUT2D eigenvalue weighted by Gasteiger charge is 2.18. The van der Waals surface area contributed by atoms with Gasteiger partial charge in [0.25, 0.3) is 5.91 Å². The Hall–Kier alpha value is -3.59. The highest BCUT2D eigenvalue weighted by molar-refractivity contribution is 7.09. The number of carbonyl (C=O) groups excluding carboxylic acids is 1. The molecular weight excluding hydrogens is 388 g/mol. The summed E-state index contributed by atoms with van der Waals surface area (Å²) < 4.78 is 6.86. The van der Waals surface area contributed by atoms with Crippen LogP contribution >= 0.6 is 11.3 Å². The third-order valence-corrected chi connectivity index (χ3v) is 5.18. The fourth-order valence-electron chi connectivity index (χ4n) is 2.81. The van der Waals surface area contributed by atoms with Crippen molar-refractivity contribution in [2.45, 2.75) is 13.5 Å². The molecule has 1 aromatic carbocycles. The van der Waals surface area contributed by atoms with Gasteiger partial charge in [-0.15, -0.1) is 16.4 Å². The molecule has 0 saturated carbocycles. The summed E-state index contributed by atoms with van der Waals surface area (Å²) in [6.45, 7) is 2.12. The van der Waals surface area contributed by atoms with Crippen LogP contribution < -0.4 is 10.1 Å². The lowest BCUT2D eigenvalue weighted by Gasteiger charge is -2.06. The van der Waals surface area contributed by atoms with E-state index in [1.54, 1.807) is 31.1 Å². The summed E-state index contributed by atoms with van der Waals surface area (Å²) in [6.07, 6.45) is 3.45. The number of carbonyl (C=O) groups is 1. The molecule has 0 saturated heterocycles. The normalized spacial score (nSPS) is 10.7. The predicted molar refractivity (Wildman–Crippen MR) is 109 cm³/mol. The van der Waals surface area contributed by atoms with Gasteiger partial charge in [0.05, 0.1) is 30.7 Å². The maximum absolute atomic E-state index is 12.6. The molecule has 0 atom stereocenters. The van der Waals surface area contributed by atoms with Crippen molar-refractivity contribution in [2.75, 3.05) is 7.11 Å². The molecule has 4 aromatic rings. The molecule has 0 aliphatic rings. The number of rotatable bonds is 6. The number of nitrogens with one attached hydrogen (secondary N) is 1. The van der Waals surface area contributed by atoms with Gasteiger partial charge in [-0.05, 0) is 31.2 Å². The second kappa shape index (κ2) is 8.19. The van der Waals surface area contributed by atoms with E-state index in [0.717, 1.165) is 22.0 Å². The molecule has 3 aromatic heterocycles. The van der Waals surface area contributed by atoms with Crippen LogP contribution in [0.3, 0.4) is 0 Å². The highest BCUT2D eigenvalue weighted by Crippen LogP contribution is 2.21. The summed E-state index contributed by atoms with van der Waals surface area (Å²) in [6, 6.07) is 11.2. The van der Waals surface area contributed by atoms with E-state index in [0.29, 0.717) is 18.0 Å². The highest BCUT2D eigenvalue weighted by atomic mass is 32.1. The van der Waals surface area contributed by atoms with Gasteiger partial charge in [-0.2, -0.15) is 0 Å². The molecule has 0 fully saturated rings. The monoisotopic (exact) mass is 406 g/mol. The molecule has 29 heavy (non-hydrogen) atoms. The number of ether oxygens (including phenoxy) is 1. The van der Waals surface area contributed by atoms with Gasteiger partial charge in [0.2, 0.25) is 0 Å². The SMILES string of the molecule is COc1cccc(-n2nnc(C(=O)NCc3nc(-c4ccncc4)cs3)c2C)c1. The Balaban J connectivity index is 1.46. The maximum Gasteiger partial charge on any atom is 0.274 e. The van der Waals surface area contributed by atoms with Crippen LogP contribution in [0.1, 0.15) is 21.2 Å². The maximum atomic E-state index is 12.6. The molecule has 146 valence electrons. The Morgan fingerprint density at radius 3 is 2.86 bits per heavy atom. The Labute approximate surface area is 171 Å². The van der Waals surface area contributed by atoms with Gasteiger partial charge in [0, 0.05) is 29.4 Å². The number of benzene rings is 1. The number of hydrogen-bond acceptors (Lipinski definition) is 7. The fourth-order valence-corrected chi connectivity index (χ4v) is 3.56. The Morgan fingerprint density at radius 1 is 1.24 bits per heavy atom. The van der Waals surface area contributed by atoms with Crippen LogP contribution in [-0.2, 0) is 6.54 Å². The molecule has 0 aliphatic heterocycles. The van der Waals surface area contributed by atoms with Gasteiger partial charge < -0.3 is 10.1 Å². The minimum absolute atomic E-state index is 0.277. The van der Waals surface area contributed by atoms with Crippen molar-refractivity contribution in [3.63, 3.8) is 0 Å². The van der Waals surface area contributed by atoms with E-state index in [1.165, 1.54) is 11.3 Å². The third kappa shape index (κ3) is 3.99. The summed E-state index contributed by atoms with van der Waals surface area (Å²) in [4.78, 5) is 21.2. The zero-order valence-electron chi connectivity index (χ0n) is 15.9. The fraction of sp³-hybridized carbons (Fsp3) is 0.150. The standard InChI is InChI=1S/C20H18N6O2S/c1-13-19(24-25-26(13)15-4-3-5-16(10-15)28-2)20(27)22-11-18-23-17(12-29-18)14-6-8-21-9-7-14/h3-10,12H,11H2,1-2H3,(H,22,27). The van der Waals surface area contributed by atoms with E-state index < -0.39 is 0 Å². The largest absolute Gasteiger partial charge is 0.497 e. The van der Waals surface area contributed by atoms with Crippen LogP contribution in [0.25, 0.3) is 16.9 Å². The summed E-state index contributed by atoms with van der Waals surface area (Å²) in [5.41, 5.74) is 3.55. The van der Waals surface area contributed by atoms with Crippen molar-refractivity contribution < 1.29 is 9.53 Å². The molecule has 0 radical (unpaired) electrons.